The number of nitrogens with one attached hydrogen (secondary N) is 1. The fraction of sp³-hybridized carbons (Fsp3) is 0.235. The molecule has 0 radical (unpaired) electrons. The number of hydrogen-bond donors (Lipinski definition) is 1. The number of amides is 2. The van der Waals surface area contributed by atoms with Crippen LogP contribution in [0.4, 0.5) is 5.82 Å². The van der Waals surface area contributed by atoms with Gasteiger partial charge in [0.15, 0.2) is 0 Å². The molecule has 118 valence electrons. The molecule has 1 aliphatic heterocycles. The van der Waals surface area contributed by atoms with Crippen LogP contribution in [0.2, 0.25) is 0 Å². The normalized spacial score (nSPS) is 14.6. The summed E-state index contributed by atoms with van der Waals surface area (Å²) < 4.78 is 0. The molecule has 0 aromatic carbocycles. The number of nitrogens with zero attached hydrogens (tertiary/aromatic N) is 2. The van der Waals surface area contributed by atoms with Crippen molar-refractivity contribution in [1.29, 1.82) is 0 Å². The van der Waals surface area contributed by atoms with Crippen molar-refractivity contribution in [1.82, 2.24) is 10.3 Å². The Morgan fingerprint density at radius 2 is 2.35 bits per heavy atom. The molecule has 3 rings (SSSR count). The lowest BCUT2D eigenvalue weighted by molar-refractivity contribution is -0.117. The van der Waals surface area contributed by atoms with Crippen LogP contribution in [-0.4, -0.2) is 23.3 Å². The van der Waals surface area contributed by atoms with E-state index in [1.807, 2.05) is 29.6 Å². The predicted molar refractivity (Wildman–Crippen MR) is 91.0 cm³/mol. The van der Waals surface area contributed by atoms with Crippen LogP contribution in [0.5, 0.6) is 0 Å². The summed E-state index contributed by atoms with van der Waals surface area (Å²) in [5, 5.41) is 4.81. The fourth-order valence-corrected chi connectivity index (χ4v) is 3.02. The lowest BCUT2D eigenvalue weighted by Crippen LogP contribution is -2.25. The second-order valence-electron chi connectivity index (χ2n) is 5.24. The number of hydrogen-bond acceptors (Lipinski definition) is 4. The van der Waals surface area contributed by atoms with Gasteiger partial charge in [0, 0.05) is 36.7 Å². The first-order chi connectivity index (χ1) is 11.2. The van der Waals surface area contributed by atoms with Crippen LogP contribution < -0.4 is 10.2 Å². The zero-order chi connectivity index (χ0) is 16.1. The van der Waals surface area contributed by atoms with E-state index in [4.69, 9.17) is 0 Å². The van der Waals surface area contributed by atoms with Gasteiger partial charge in [0.1, 0.15) is 5.82 Å². The minimum absolute atomic E-state index is 0.109. The van der Waals surface area contributed by atoms with Gasteiger partial charge in [-0.1, -0.05) is 6.07 Å². The molecular formula is C17H17N3O2S. The van der Waals surface area contributed by atoms with Gasteiger partial charge in [-0.2, -0.15) is 0 Å². The van der Waals surface area contributed by atoms with Crippen molar-refractivity contribution < 1.29 is 9.59 Å². The van der Waals surface area contributed by atoms with E-state index in [-0.39, 0.29) is 11.8 Å². The maximum absolute atomic E-state index is 11.8. The van der Waals surface area contributed by atoms with E-state index in [9.17, 15) is 9.59 Å². The SMILES string of the molecule is O=C(C=Cc1cccs1)NCc1ccnc(N2CCCC2=O)c1. The Kier molecular flexibility index (Phi) is 4.83. The highest BCUT2D eigenvalue weighted by molar-refractivity contribution is 7.10. The summed E-state index contributed by atoms with van der Waals surface area (Å²) in [4.78, 5) is 30.6. The van der Waals surface area contributed by atoms with E-state index in [1.165, 1.54) is 6.08 Å². The van der Waals surface area contributed by atoms with Crippen molar-refractivity contribution >= 4 is 35.0 Å². The minimum Gasteiger partial charge on any atom is -0.348 e. The quantitative estimate of drug-likeness (QED) is 0.859. The standard InChI is InChI=1S/C17H17N3O2S/c21-16(6-5-14-3-2-10-23-14)19-12-13-7-8-18-15(11-13)20-9-1-4-17(20)22/h2-3,5-8,10-11H,1,4,9,12H2,(H,19,21). The third kappa shape index (κ3) is 4.04. The Morgan fingerprint density at radius 1 is 1.43 bits per heavy atom. The Hall–Kier alpha value is -2.47. The number of carbonyl (C=O) groups is 2. The first kappa shape index (κ1) is 15.4. The summed E-state index contributed by atoms with van der Waals surface area (Å²) >= 11 is 1.58. The topological polar surface area (TPSA) is 62.3 Å². The Labute approximate surface area is 138 Å². The molecule has 0 unspecified atom stereocenters. The summed E-state index contributed by atoms with van der Waals surface area (Å²) in [7, 11) is 0. The van der Waals surface area contributed by atoms with E-state index in [0.717, 1.165) is 16.9 Å². The van der Waals surface area contributed by atoms with Crippen LogP contribution in [0, 0.1) is 0 Å². The van der Waals surface area contributed by atoms with Crippen molar-refractivity contribution in [3.63, 3.8) is 0 Å². The molecule has 1 fully saturated rings. The summed E-state index contributed by atoms with van der Waals surface area (Å²) in [5.74, 6) is 0.625. The van der Waals surface area contributed by atoms with Crippen molar-refractivity contribution in [3.05, 3.63) is 52.4 Å². The molecule has 1 saturated heterocycles. The molecule has 5 nitrogen and oxygen atoms in total. The summed E-state index contributed by atoms with van der Waals surface area (Å²) in [6, 6.07) is 7.59. The summed E-state index contributed by atoms with van der Waals surface area (Å²) in [6.07, 6.45) is 6.44. The Balaban J connectivity index is 1.58. The van der Waals surface area contributed by atoms with Crippen LogP contribution in [0.3, 0.4) is 0 Å². The summed E-state index contributed by atoms with van der Waals surface area (Å²) in [6.45, 7) is 1.12. The predicted octanol–water partition coefficient (Wildman–Crippen LogP) is 2.60. The summed E-state index contributed by atoms with van der Waals surface area (Å²) in [5.41, 5.74) is 0.924. The van der Waals surface area contributed by atoms with Crippen LogP contribution in [0.25, 0.3) is 6.08 Å². The molecule has 0 bridgehead atoms. The number of thiophene rings is 1. The molecule has 0 atom stereocenters. The van der Waals surface area contributed by atoms with Crippen LogP contribution in [0.1, 0.15) is 23.3 Å². The van der Waals surface area contributed by atoms with Gasteiger partial charge in [-0.05, 0) is 41.6 Å². The fourth-order valence-electron chi connectivity index (χ4n) is 2.40. The highest BCUT2D eigenvalue weighted by atomic mass is 32.1. The van der Waals surface area contributed by atoms with E-state index in [1.54, 1.807) is 28.5 Å². The monoisotopic (exact) mass is 327 g/mol. The minimum atomic E-state index is -0.144. The molecule has 1 N–H and O–H groups in total. The molecule has 23 heavy (non-hydrogen) atoms. The Morgan fingerprint density at radius 3 is 3.09 bits per heavy atom. The molecule has 1 aliphatic rings. The van der Waals surface area contributed by atoms with Gasteiger partial charge in [0.25, 0.3) is 0 Å². The van der Waals surface area contributed by atoms with Gasteiger partial charge >= 0.3 is 0 Å². The largest absolute Gasteiger partial charge is 0.348 e. The van der Waals surface area contributed by atoms with E-state index < -0.39 is 0 Å². The molecule has 2 aromatic rings. The molecule has 2 aromatic heterocycles. The molecule has 6 heteroatoms. The zero-order valence-electron chi connectivity index (χ0n) is 12.6. The average Bonchev–Trinajstić information content (AvgIpc) is 3.22. The maximum atomic E-state index is 11.8. The van der Waals surface area contributed by atoms with E-state index in [0.29, 0.717) is 25.3 Å². The van der Waals surface area contributed by atoms with Crippen LogP contribution in [-0.2, 0) is 16.1 Å². The second-order valence-corrected chi connectivity index (χ2v) is 6.22. The van der Waals surface area contributed by atoms with Gasteiger partial charge in [-0.15, -0.1) is 11.3 Å². The van der Waals surface area contributed by atoms with Gasteiger partial charge < -0.3 is 5.32 Å². The van der Waals surface area contributed by atoms with Crippen LogP contribution in [0.15, 0.2) is 41.9 Å². The van der Waals surface area contributed by atoms with Gasteiger partial charge in [-0.3, -0.25) is 14.5 Å². The molecule has 0 aliphatic carbocycles. The zero-order valence-corrected chi connectivity index (χ0v) is 13.4. The number of aromatic nitrogens is 1. The highest BCUT2D eigenvalue weighted by Gasteiger charge is 2.22. The van der Waals surface area contributed by atoms with Crippen molar-refractivity contribution in [2.75, 3.05) is 11.4 Å². The van der Waals surface area contributed by atoms with Gasteiger partial charge in [0.2, 0.25) is 11.8 Å². The third-order valence-corrected chi connectivity index (χ3v) is 4.41. The highest BCUT2D eigenvalue weighted by Crippen LogP contribution is 2.19. The van der Waals surface area contributed by atoms with Crippen molar-refractivity contribution in [2.24, 2.45) is 0 Å². The van der Waals surface area contributed by atoms with Crippen LogP contribution >= 0.6 is 11.3 Å². The smallest absolute Gasteiger partial charge is 0.244 e. The van der Waals surface area contributed by atoms with Gasteiger partial charge in [-0.25, -0.2) is 4.98 Å². The maximum Gasteiger partial charge on any atom is 0.244 e. The second kappa shape index (κ2) is 7.19. The lowest BCUT2D eigenvalue weighted by atomic mass is 10.2. The molecule has 0 spiro atoms. The molecule has 3 heterocycles. The van der Waals surface area contributed by atoms with E-state index >= 15 is 0 Å². The lowest BCUT2D eigenvalue weighted by Gasteiger charge is -2.15. The molecular weight excluding hydrogens is 310 g/mol. The number of anilines is 1. The third-order valence-electron chi connectivity index (χ3n) is 3.57. The van der Waals surface area contributed by atoms with Crippen molar-refractivity contribution in [2.45, 2.75) is 19.4 Å². The number of rotatable bonds is 5. The first-order valence-corrected chi connectivity index (χ1v) is 8.35. The molecule has 0 saturated carbocycles. The average molecular weight is 327 g/mol. The number of pyridine rings is 1. The molecule has 2 amide bonds. The van der Waals surface area contributed by atoms with E-state index in [2.05, 4.69) is 10.3 Å². The number of carbonyl (C=O) groups excluding carboxylic acids is 2. The van der Waals surface area contributed by atoms with Crippen molar-refractivity contribution in [3.8, 4) is 0 Å². The first-order valence-electron chi connectivity index (χ1n) is 7.47. The Bertz CT molecular complexity index is 725. The van der Waals surface area contributed by atoms with Gasteiger partial charge in [0.05, 0.1) is 0 Å².